The Labute approximate surface area is 116 Å². The maximum Gasteiger partial charge on any atom is 0.323 e. The molecule has 2 rings (SSSR count). The monoisotopic (exact) mass is 270 g/mol. The van der Waals surface area contributed by atoms with Crippen LogP contribution < -0.4 is 21.9 Å². The Kier molecular flexibility index (Phi) is 3.97. The van der Waals surface area contributed by atoms with Crippen molar-refractivity contribution in [3.63, 3.8) is 0 Å². The van der Waals surface area contributed by atoms with E-state index >= 15 is 0 Å². The molecule has 2 aromatic carbocycles. The van der Waals surface area contributed by atoms with Crippen molar-refractivity contribution in [2.24, 2.45) is 11.6 Å². The molecular formula is C14H14N4O2. The minimum absolute atomic E-state index is 0.397. The number of anilines is 2. The highest BCUT2D eigenvalue weighted by atomic mass is 16.2. The lowest BCUT2D eigenvalue weighted by atomic mass is 10.1. The van der Waals surface area contributed by atoms with Crippen molar-refractivity contribution in [3.05, 3.63) is 60.2 Å². The molecule has 6 nitrogen and oxygen atoms in total. The number of carbonyl (C=O) groups excluding carboxylic acids is 2. The number of rotatable bonds is 3. The Hall–Kier alpha value is -2.86. The second kappa shape index (κ2) is 5.85. The second-order valence-corrected chi connectivity index (χ2v) is 4.03. The molecule has 0 fully saturated rings. The van der Waals surface area contributed by atoms with Gasteiger partial charge in [0, 0.05) is 5.56 Å². The topological polar surface area (TPSA) is 101 Å². The van der Waals surface area contributed by atoms with E-state index in [4.69, 9.17) is 11.6 Å². The van der Waals surface area contributed by atoms with Gasteiger partial charge in [0.15, 0.2) is 0 Å². The minimum atomic E-state index is -0.604. The van der Waals surface area contributed by atoms with E-state index < -0.39 is 11.9 Å². The molecule has 5 N–H and O–H groups in total. The van der Waals surface area contributed by atoms with Crippen molar-refractivity contribution >= 4 is 23.3 Å². The summed E-state index contributed by atoms with van der Waals surface area (Å²) in [7, 11) is 0. The summed E-state index contributed by atoms with van der Waals surface area (Å²) in [5.41, 5.74) is 9.07. The average molecular weight is 270 g/mol. The van der Waals surface area contributed by atoms with Gasteiger partial charge in [-0.15, -0.1) is 0 Å². The summed E-state index contributed by atoms with van der Waals surface area (Å²) in [5.74, 6) is 4.66. The van der Waals surface area contributed by atoms with E-state index in [2.05, 4.69) is 0 Å². The molecule has 0 aliphatic carbocycles. The summed E-state index contributed by atoms with van der Waals surface area (Å²) in [6, 6.07) is 14.8. The van der Waals surface area contributed by atoms with Gasteiger partial charge < -0.3 is 5.73 Å². The van der Waals surface area contributed by atoms with Gasteiger partial charge in [-0.05, 0) is 36.4 Å². The fourth-order valence-electron chi connectivity index (χ4n) is 1.83. The van der Waals surface area contributed by atoms with Crippen LogP contribution in [-0.4, -0.2) is 11.9 Å². The number of benzene rings is 2. The predicted molar refractivity (Wildman–Crippen MR) is 76.3 cm³/mol. The molecule has 0 unspecified atom stereocenters. The average Bonchev–Trinajstić information content (AvgIpc) is 2.48. The highest BCUT2D eigenvalue weighted by Gasteiger charge is 2.15. The van der Waals surface area contributed by atoms with Crippen molar-refractivity contribution in [1.29, 1.82) is 0 Å². The van der Waals surface area contributed by atoms with Crippen LogP contribution in [0.2, 0.25) is 0 Å². The van der Waals surface area contributed by atoms with Crippen molar-refractivity contribution < 1.29 is 9.59 Å². The van der Waals surface area contributed by atoms with Crippen LogP contribution in [0.4, 0.5) is 16.2 Å². The molecule has 0 aliphatic heterocycles. The molecule has 0 spiro atoms. The molecule has 0 radical (unpaired) electrons. The fourth-order valence-corrected chi connectivity index (χ4v) is 1.83. The number of nitrogens with zero attached hydrogens (tertiary/aromatic N) is 1. The van der Waals surface area contributed by atoms with Gasteiger partial charge >= 0.3 is 6.03 Å². The Morgan fingerprint density at radius 2 is 1.45 bits per heavy atom. The van der Waals surface area contributed by atoms with Gasteiger partial charge in [-0.25, -0.2) is 10.6 Å². The normalized spacial score (nSPS) is 9.85. The SMILES string of the molecule is NNC(=O)c1ccc(N(C(N)=O)c2ccccc2)cc1. The Morgan fingerprint density at radius 3 is 1.95 bits per heavy atom. The van der Waals surface area contributed by atoms with Crippen LogP contribution in [0, 0.1) is 0 Å². The first-order chi connectivity index (χ1) is 9.63. The standard InChI is InChI=1S/C14H14N4O2/c15-14(20)18(11-4-2-1-3-5-11)12-8-6-10(7-9-12)13(19)17-16/h1-9H,16H2,(H2,15,20)(H,17,19). The molecular weight excluding hydrogens is 256 g/mol. The van der Waals surface area contributed by atoms with Crippen LogP contribution in [0.5, 0.6) is 0 Å². The zero-order valence-corrected chi connectivity index (χ0v) is 10.6. The van der Waals surface area contributed by atoms with Crippen LogP contribution in [0.3, 0.4) is 0 Å². The Bertz CT molecular complexity index is 611. The number of urea groups is 1. The van der Waals surface area contributed by atoms with Crippen LogP contribution in [0.25, 0.3) is 0 Å². The van der Waals surface area contributed by atoms with Gasteiger partial charge in [0.1, 0.15) is 0 Å². The molecule has 0 saturated carbocycles. The van der Waals surface area contributed by atoms with Crippen LogP contribution in [0.15, 0.2) is 54.6 Å². The highest BCUT2D eigenvalue weighted by Crippen LogP contribution is 2.25. The number of carbonyl (C=O) groups is 2. The quantitative estimate of drug-likeness (QED) is 0.447. The molecule has 0 bridgehead atoms. The number of para-hydroxylation sites is 1. The summed E-state index contributed by atoms with van der Waals surface area (Å²) in [6.45, 7) is 0. The largest absolute Gasteiger partial charge is 0.351 e. The molecule has 6 heteroatoms. The summed E-state index contributed by atoms with van der Waals surface area (Å²) < 4.78 is 0. The van der Waals surface area contributed by atoms with Crippen molar-refractivity contribution in [2.45, 2.75) is 0 Å². The number of nitrogens with two attached hydrogens (primary N) is 2. The molecule has 3 amide bonds. The number of hydrogen-bond acceptors (Lipinski definition) is 3. The van der Waals surface area contributed by atoms with E-state index in [-0.39, 0.29) is 0 Å². The van der Waals surface area contributed by atoms with Gasteiger partial charge in [-0.2, -0.15) is 0 Å². The molecule has 2 aromatic rings. The van der Waals surface area contributed by atoms with Crippen molar-refractivity contribution in [3.8, 4) is 0 Å². The molecule has 0 atom stereocenters. The Balaban J connectivity index is 2.36. The van der Waals surface area contributed by atoms with Gasteiger partial charge in [0.25, 0.3) is 5.91 Å². The third-order valence-electron chi connectivity index (χ3n) is 2.75. The number of amides is 3. The Morgan fingerprint density at radius 1 is 0.900 bits per heavy atom. The lowest BCUT2D eigenvalue weighted by Crippen LogP contribution is -2.32. The maximum atomic E-state index is 11.6. The third kappa shape index (κ3) is 2.76. The van der Waals surface area contributed by atoms with E-state index in [0.29, 0.717) is 16.9 Å². The molecule has 20 heavy (non-hydrogen) atoms. The van der Waals surface area contributed by atoms with Crippen LogP contribution in [0.1, 0.15) is 10.4 Å². The zero-order valence-electron chi connectivity index (χ0n) is 10.6. The van der Waals surface area contributed by atoms with Gasteiger partial charge in [0.05, 0.1) is 11.4 Å². The minimum Gasteiger partial charge on any atom is -0.351 e. The number of hydrogen-bond donors (Lipinski definition) is 3. The number of nitrogens with one attached hydrogen (secondary N) is 1. The van der Waals surface area contributed by atoms with E-state index in [1.807, 2.05) is 23.6 Å². The van der Waals surface area contributed by atoms with Crippen molar-refractivity contribution in [2.75, 3.05) is 4.90 Å². The smallest absolute Gasteiger partial charge is 0.323 e. The van der Waals surface area contributed by atoms with Crippen LogP contribution in [-0.2, 0) is 0 Å². The summed E-state index contributed by atoms with van der Waals surface area (Å²) in [6.07, 6.45) is 0. The van der Waals surface area contributed by atoms with Crippen LogP contribution >= 0.6 is 0 Å². The first-order valence-electron chi connectivity index (χ1n) is 5.89. The van der Waals surface area contributed by atoms with E-state index in [1.54, 1.807) is 36.4 Å². The molecule has 0 aliphatic rings. The highest BCUT2D eigenvalue weighted by molar-refractivity contribution is 5.99. The predicted octanol–water partition coefficient (Wildman–Crippen LogP) is 1.51. The van der Waals surface area contributed by atoms with Gasteiger partial charge in [0.2, 0.25) is 0 Å². The summed E-state index contributed by atoms with van der Waals surface area (Å²) in [4.78, 5) is 24.3. The zero-order chi connectivity index (χ0) is 14.5. The van der Waals surface area contributed by atoms with Crippen molar-refractivity contribution in [1.82, 2.24) is 5.43 Å². The molecule has 0 heterocycles. The number of hydrazine groups is 1. The number of nitrogen functional groups attached to an aromatic ring is 1. The van der Waals surface area contributed by atoms with E-state index in [9.17, 15) is 9.59 Å². The molecule has 0 aromatic heterocycles. The first kappa shape index (κ1) is 13.6. The number of primary amides is 1. The van der Waals surface area contributed by atoms with E-state index in [1.165, 1.54) is 4.90 Å². The first-order valence-corrected chi connectivity index (χ1v) is 5.89. The second-order valence-electron chi connectivity index (χ2n) is 4.03. The lowest BCUT2D eigenvalue weighted by Gasteiger charge is -2.20. The third-order valence-corrected chi connectivity index (χ3v) is 2.75. The fraction of sp³-hybridized carbons (Fsp3) is 0. The summed E-state index contributed by atoms with van der Waals surface area (Å²) in [5, 5.41) is 0. The lowest BCUT2D eigenvalue weighted by molar-refractivity contribution is 0.0953. The summed E-state index contributed by atoms with van der Waals surface area (Å²) >= 11 is 0. The van der Waals surface area contributed by atoms with E-state index in [0.717, 1.165) is 0 Å². The molecule has 102 valence electrons. The van der Waals surface area contributed by atoms with Gasteiger partial charge in [-0.1, -0.05) is 18.2 Å². The van der Waals surface area contributed by atoms with Gasteiger partial charge in [-0.3, -0.25) is 15.1 Å². The molecule has 0 saturated heterocycles. The maximum absolute atomic E-state index is 11.6.